The molecule has 224 valence electrons. The molecule has 0 saturated heterocycles. The van der Waals surface area contributed by atoms with E-state index in [0.29, 0.717) is 6.54 Å². The SMILES string of the molecule is CCC(=C\c1sc2ccc3ccccc3c2[n+]1CC)/C=C1/Sc2cc(/C=C/c3ccccc3)ccc2N1CCCS(=O)(=O)[O-]. The minimum absolute atomic E-state index is 0.267. The molecule has 0 radical (unpaired) electrons. The predicted octanol–water partition coefficient (Wildman–Crippen LogP) is 8.71. The number of benzene rings is 4. The standard InChI is InChI=1S/C36H34N2O3S3/c1-3-26(24-34-37(4-2)36-30-14-9-8-13-29(30)18-20-32(36)42-34)25-35-38(21-10-22-44(39,40)41)31-19-17-28(23-33(31)43-35)16-15-27-11-6-5-7-12-27/h5-9,11-20,23-25H,3-4,10,21-22H2,1-2H3/b16-15+. The van der Waals surface area contributed by atoms with Crippen molar-refractivity contribution in [3.05, 3.63) is 118 Å². The molecule has 1 aliphatic rings. The highest BCUT2D eigenvalue weighted by molar-refractivity contribution is 8.03. The molecular formula is C36H34N2O3S3. The van der Waals surface area contributed by atoms with Gasteiger partial charge in [-0.25, -0.2) is 8.42 Å². The summed E-state index contributed by atoms with van der Waals surface area (Å²) in [6, 6.07) is 29.5. The van der Waals surface area contributed by atoms with Gasteiger partial charge in [-0.2, -0.15) is 4.57 Å². The van der Waals surface area contributed by atoms with E-state index in [1.807, 2.05) is 18.2 Å². The fraction of sp³-hybridized carbons (Fsp3) is 0.194. The van der Waals surface area contributed by atoms with Crippen LogP contribution in [0.15, 0.2) is 107 Å². The predicted molar refractivity (Wildman–Crippen MR) is 186 cm³/mol. The summed E-state index contributed by atoms with van der Waals surface area (Å²) in [5, 5.41) is 4.74. The van der Waals surface area contributed by atoms with Crippen LogP contribution in [0.2, 0.25) is 0 Å². The highest BCUT2D eigenvalue weighted by Crippen LogP contribution is 2.47. The van der Waals surface area contributed by atoms with E-state index in [4.69, 9.17) is 0 Å². The third kappa shape index (κ3) is 6.69. The summed E-state index contributed by atoms with van der Waals surface area (Å²) in [4.78, 5) is 3.27. The van der Waals surface area contributed by atoms with Gasteiger partial charge < -0.3 is 9.45 Å². The monoisotopic (exact) mass is 638 g/mol. The molecule has 1 aromatic heterocycles. The van der Waals surface area contributed by atoms with Crippen LogP contribution >= 0.6 is 23.1 Å². The van der Waals surface area contributed by atoms with Gasteiger partial charge in [-0.15, -0.1) is 0 Å². The van der Waals surface area contributed by atoms with Gasteiger partial charge in [0.1, 0.15) is 11.2 Å². The fourth-order valence-corrected chi connectivity index (χ4v) is 8.49. The molecule has 5 nitrogen and oxygen atoms in total. The molecule has 6 rings (SSSR count). The Morgan fingerprint density at radius 3 is 2.48 bits per heavy atom. The van der Waals surface area contributed by atoms with Crippen molar-refractivity contribution in [3.63, 3.8) is 0 Å². The number of thioether (sulfide) groups is 1. The van der Waals surface area contributed by atoms with Gasteiger partial charge in [0.25, 0.3) is 5.01 Å². The molecule has 8 heteroatoms. The number of aryl methyl sites for hydroxylation is 1. The maximum atomic E-state index is 11.4. The van der Waals surface area contributed by atoms with Crippen molar-refractivity contribution in [2.75, 3.05) is 17.2 Å². The molecule has 0 fully saturated rings. The molecule has 0 bridgehead atoms. The summed E-state index contributed by atoms with van der Waals surface area (Å²) >= 11 is 3.49. The number of anilines is 1. The Balaban J connectivity index is 1.36. The van der Waals surface area contributed by atoms with Gasteiger partial charge in [0, 0.05) is 23.3 Å². The number of aromatic nitrogens is 1. The highest BCUT2D eigenvalue weighted by Gasteiger charge is 2.26. The van der Waals surface area contributed by atoms with E-state index in [0.717, 1.165) is 39.7 Å². The first kappa shape index (κ1) is 30.3. The summed E-state index contributed by atoms with van der Waals surface area (Å²) in [5.74, 6) is -0.378. The third-order valence-electron chi connectivity index (χ3n) is 7.76. The number of hydrogen-bond acceptors (Lipinski definition) is 6. The van der Waals surface area contributed by atoms with Gasteiger partial charge in [-0.1, -0.05) is 103 Å². The average molecular weight is 639 g/mol. The molecule has 0 amide bonds. The van der Waals surface area contributed by atoms with Gasteiger partial charge in [0.15, 0.2) is 0 Å². The quantitative estimate of drug-likeness (QED) is 0.0870. The van der Waals surface area contributed by atoms with Crippen molar-refractivity contribution in [2.24, 2.45) is 0 Å². The first-order chi connectivity index (χ1) is 21.3. The van der Waals surface area contributed by atoms with Crippen molar-refractivity contribution in [2.45, 2.75) is 38.1 Å². The van der Waals surface area contributed by atoms with Crippen LogP contribution in [0.25, 0.3) is 39.2 Å². The largest absolute Gasteiger partial charge is 0.748 e. The van der Waals surface area contributed by atoms with E-state index in [9.17, 15) is 13.0 Å². The summed E-state index contributed by atoms with van der Waals surface area (Å²) in [5.41, 5.74) is 5.72. The molecule has 2 heterocycles. The Labute approximate surface area is 267 Å². The van der Waals surface area contributed by atoms with Crippen molar-refractivity contribution in [3.8, 4) is 0 Å². The molecule has 0 spiro atoms. The molecule has 0 atom stereocenters. The second kappa shape index (κ2) is 13.1. The smallest absolute Gasteiger partial charge is 0.263 e. The van der Waals surface area contributed by atoms with Gasteiger partial charge in [0.05, 0.1) is 26.2 Å². The zero-order valence-corrected chi connectivity index (χ0v) is 27.2. The Hall–Kier alpha value is -3.69. The Bertz CT molecular complexity index is 2030. The number of nitrogens with zero attached hydrogens (tertiary/aromatic N) is 2. The number of thiazole rings is 1. The number of hydrogen-bond donors (Lipinski definition) is 0. The molecule has 1 aliphatic heterocycles. The van der Waals surface area contributed by atoms with Crippen molar-refractivity contribution < 1.29 is 17.5 Å². The molecule has 4 aromatic carbocycles. The number of allylic oxidation sites excluding steroid dienone is 2. The van der Waals surface area contributed by atoms with E-state index in [-0.39, 0.29) is 12.2 Å². The van der Waals surface area contributed by atoms with Crippen molar-refractivity contribution in [1.82, 2.24) is 0 Å². The second-order valence-corrected chi connectivity index (χ2v) is 14.4. The summed E-state index contributed by atoms with van der Waals surface area (Å²) < 4.78 is 37.9. The second-order valence-electron chi connectivity index (χ2n) is 10.7. The number of fused-ring (bicyclic) bond motifs is 4. The van der Waals surface area contributed by atoms with Gasteiger partial charge in [0.2, 0.25) is 5.52 Å². The van der Waals surface area contributed by atoms with E-state index >= 15 is 0 Å². The van der Waals surface area contributed by atoms with Crippen LogP contribution in [-0.4, -0.2) is 25.3 Å². The lowest BCUT2D eigenvalue weighted by molar-refractivity contribution is -0.664. The van der Waals surface area contributed by atoms with Gasteiger partial charge >= 0.3 is 0 Å². The summed E-state index contributed by atoms with van der Waals surface area (Å²) in [6.07, 6.45) is 9.82. The molecule has 5 aromatic rings. The Morgan fingerprint density at radius 1 is 0.932 bits per heavy atom. The first-order valence-corrected chi connectivity index (χ1v) is 18.1. The van der Waals surface area contributed by atoms with Crippen molar-refractivity contribution in [1.29, 1.82) is 0 Å². The van der Waals surface area contributed by atoms with Crippen LogP contribution in [0, 0.1) is 0 Å². The zero-order valence-electron chi connectivity index (χ0n) is 24.8. The Morgan fingerprint density at radius 2 is 1.70 bits per heavy atom. The van der Waals surface area contributed by atoms with Crippen molar-refractivity contribution >= 4 is 78.1 Å². The zero-order chi connectivity index (χ0) is 30.7. The van der Waals surface area contributed by atoms with Crippen LogP contribution in [0.3, 0.4) is 0 Å². The lowest BCUT2D eigenvalue weighted by atomic mass is 10.1. The van der Waals surface area contributed by atoms with Crippen LogP contribution in [0.1, 0.15) is 42.8 Å². The number of rotatable bonds is 10. The summed E-state index contributed by atoms with van der Waals surface area (Å²) in [7, 11) is -4.28. The van der Waals surface area contributed by atoms with Crippen LogP contribution in [0.5, 0.6) is 0 Å². The Kier molecular flexibility index (Phi) is 9.05. The molecule has 0 unspecified atom stereocenters. The fourth-order valence-electron chi connectivity index (χ4n) is 5.58. The van der Waals surface area contributed by atoms with E-state index in [2.05, 4.69) is 114 Å². The van der Waals surface area contributed by atoms with Gasteiger partial charge in [-0.3, -0.25) is 0 Å². The highest BCUT2D eigenvalue weighted by atomic mass is 32.2. The maximum Gasteiger partial charge on any atom is 0.263 e. The van der Waals surface area contributed by atoms with E-state index < -0.39 is 10.1 Å². The molecule has 0 aliphatic carbocycles. The average Bonchev–Trinajstić information content (AvgIpc) is 3.56. The summed E-state index contributed by atoms with van der Waals surface area (Å²) in [6.45, 7) is 5.67. The van der Waals surface area contributed by atoms with Crippen LogP contribution in [0.4, 0.5) is 5.69 Å². The van der Waals surface area contributed by atoms with Crippen LogP contribution < -0.4 is 9.47 Å². The molecule has 44 heavy (non-hydrogen) atoms. The maximum absolute atomic E-state index is 11.4. The molecular weight excluding hydrogens is 605 g/mol. The van der Waals surface area contributed by atoms with E-state index in [1.165, 1.54) is 31.6 Å². The van der Waals surface area contributed by atoms with Crippen LogP contribution in [-0.2, 0) is 16.7 Å². The minimum atomic E-state index is -4.28. The van der Waals surface area contributed by atoms with Gasteiger partial charge in [-0.05, 0) is 72.2 Å². The lowest BCUT2D eigenvalue weighted by Crippen LogP contribution is -2.33. The first-order valence-electron chi connectivity index (χ1n) is 14.9. The topological polar surface area (TPSA) is 64.3 Å². The third-order valence-corrected chi connectivity index (χ3v) is 10.7. The van der Waals surface area contributed by atoms with E-state index in [1.54, 1.807) is 23.1 Å². The minimum Gasteiger partial charge on any atom is -0.748 e. The molecule has 0 saturated carbocycles. The lowest BCUT2D eigenvalue weighted by Gasteiger charge is -2.21. The normalized spacial score (nSPS) is 14.8. The molecule has 0 N–H and O–H groups in total.